The van der Waals surface area contributed by atoms with Gasteiger partial charge in [-0.3, -0.25) is 15.0 Å². The molecule has 15 heavy (non-hydrogen) atoms. The molecule has 0 saturated heterocycles. The first-order valence-corrected chi connectivity index (χ1v) is 6.79. The quantitative estimate of drug-likeness (QED) is 0.617. The first kappa shape index (κ1) is 12.0. The van der Waals surface area contributed by atoms with Crippen molar-refractivity contribution < 1.29 is 0 Å². The summed E-state index contributed by atoms with van der Waals surface area (Å²) < 4.78 is 0. The van der Waals surface area contributed by atoms with Crippen LogP contribution in [0.5, 0.6) is 0 Å². The number of hydrogen-bond donors (Lipinski definition) is 0. The molecule has 0 radical (unpaired) electrons. The van der Waals surface area contributed by atoms with E-state index in [0.29, 0.717) is 0 Å². The van der Waals surface area contributed by atoms with E-state index in [1.54, 1.807) is 69.1 Å². The summed E-state index contributed by atoms with van der Waals surface area (Å²) in [4.78, 5) is 11.2. The van der Waals surface area contributed by atoms with Crippen LogP contribution in [0.2, 0.25) is 0 Å². The molecule has 0 atom stereocenters. The number of rotatable bonds is 0. The van der Waals surface area contributed by atoms with Crippen molar-refractivity contribution in [2.24, 2.45) is 0 Å². The van der Waals surface area contributed by atoms with E-state index in [0.717, 1.165) is 0 Å². The third kappa shape index (κ3) is 7.92. The van der Waals surface area contributed by atoms with Crippen molar-refractivity contribution >= 4 is 34.0 Å². The lowest BCUT2D eigenvalue weighted by molar-refractivity contribution is 1.43. The fourth-order valence-corrected chi connectivity index (χ4v) is 1.58. The number of thiazole rings is 3. The Bertz CT molecular complexity index is 253. The van der Waals surface area contributed by atoms with Gasteiger partial charge in [-0.25, -0.2) is 0 Å². The van der Waals surface area contributed by atoms with Crippen molar-refractivity contribution in [3.8, 4) is 0 Å². The van der Waals surface area contributed by atoms with Crippen LogP contribution in [0.1, 0.15) is 0 Å². The van der Waals surface area contributed by atoms with E-state index in [2.05, 4.69) is 15.0 Å². The largest absolute Gasteiger partial charge is 0.253 e. The molecule has 3 aromatic heterocycles. The van der Waals surface area contributed by atoms with E-state index in [9.17, 15) is 0 Å². The number of aromatic nitrogens is 3. The average molecular weight is 255 g/mol. The molecule has 3 nitrogen and oxygen atoms in total. The van der Waals surface area contributed by atoms with E-state index in [-0.39, 0.29) is 0 Å². The molecule has 0 spiro atoms. The van der Waals surface area contributed by atoms with Crippen molar-refractivity contribution in [1.29, 1.82) is 0 Å². The van der Waals surface area contributed by atoms with Gasteiger partial charge in [-0.05, 0) is 0 Å². The minimum atomic E-state index is 1.60. The molecular formula is C9H9N3S3. The van der Waals surface area contributed by atoms with Crippen molar-refractivity contribution in [2.45, 2.75) is 0 Å². The molecule has 3 aromatic rings. The summed E-state index contributed by atoms with van der Waals surface area (Å²) in [6, 6.07) is 0. The lowest BCUT2D eigenvalue weighted by atomic mass is 11.0. The topological polar surface area (TPSA) is 38.7 Å². The summed E-state index contributed by atoms with van der Waals surface area (Å²) in [5, 5.41) is 5.79. The fourth-order valence-electron chi connectivity index (χ4n) is 0.527. The summed E-state index contributed by atoms with van der Waals surface area (Å²) in [5.41, 5.74) is 5.38. The maximum absolute atomic E-state index is 3.74. The molecule has 0 amide bonds. The minimum Gasteiger partial charge on any atom is -0.253 e. The molecule has 0 fully saturated rings. The summed E-state index contributed by atoms with van der Waals surface area (Å²) >= 11 is 4.81. The smallest absolute Gasteiger partial charge is 0.0791 e. The van der Waals surface area contributed by atoms with E-state index in [4.69, 9.17) is 0 Å². The summed E-state index contributed by atoms with van der Waals surface area (Å²) in [6.07, 6.45) is 5.31. The van der Waals surface area contributed by atoms with Crippen LogP contribution >= 0.6 is 34.0 Å². The van der Waals surface area contributed by atoms with Crippen LogP contribution in [0.15, 0.2) is 51.3 Å². The van der Waals surface area contributed by atoms with Gasteiger partial charge in [0.15, 0.2) is 0 Å². The predicted molar refractivity (Wildman–Crippen MR) is 66.3 cm³/mol. The molecule has 0 unspecified atom stereocenters. The van der Waals surface area contributed by atoms with E-state index in [1.807, 2.05) is 16.1 Å². The Morgan fingerprint density at radius 1 is 0.533 bits per heavy atom. The highest BCUT2D eigenvalue weighted by Crippen LogP contribution is 1.86. The predicted octanol–water partition coefficient (Wildman–Crippen LogP) is 3.43. The van der Waals surface area contributed by atoms with Crippen molar-refractivity contribution in [2.75, 3.05) is 0 Å². The van der Waals surface area contributed by atoms with Gasteiger partial charge in [0.1, 0.15) is 0 Å². The van der Waals surface area contributed by atoms with Crippen molar-refractivity contribution in [3.63, 3.8) is 0 Å². The van der Waals surface area contributed by atoms with Gasteiger partial charge in [-0.15, -0.1) is 34.0 Å². The number of nitrogens with zero attached hydrogens (tertiary/aromatic N) is 3. The first-order valence-electron chi connectivity index (χ1n) is 3.96. The van der Waals surface area contributed by atoms with Crippen LogP contribution in [0, 0.1) is 0 Å². The van der Waals surface area contributed by atoms with Gasteiger partial charge in [0.05, 0.1) is 16.5 Å². The summed E-state index contributed by atoms with van der Waals surface area (Å²) in [5.74, 6) is 0. The Labute approximate surface area is 100 Å². The van der Waals surface area contributed by atoms with Crippen LogP contribution in [0.4, 0.5) is 0 Å². The lowest BCUT2D eigenvalue weighted by Gasteiger charge is -1.41. The molecule has 0 aliphatic rings. The molecule has 0 saturated carbocycles. The van der Waals surface area contributed by atoms with E-state index >= 15 is 0 Å². The lowest BCUT2D eigenvalue weighted by Crippen LogP contribution is -1.38. The highest BCUT2D eigenvalue weighted by molar-refractivity contribution is 7.07. The van der Waals surface area contributed by atoms with Crippen LogP contribution in [-0.4, -0.2) is 15.0 Å². The minimum absolute atomic E-state index is 1.60. The fraction of sp³-hybridized carbons (Fsp3) is 0. The third-order valence-electron chi connectivity index (χ3n) is 1.04. The van der Waals surface area contributed by atoms with Gasteiger partial charge in [0.2, 0.25) is 0 Å². The highest BCUT2D eigenvalue weighted by atomic mass is 32.1. The standard InChI is InChI=1S/3C3H3NS/c3*1-2-5-3-4-1/h3*1-3H. The van der Waals surface area contributed by atoms with Crippen molar-refractivity contribution in [1.82, 2.24) is 15.0 Å². The molecule has 6 heteroatoms. The van der Waals surface area contributed by atoms with Gasteiger partial charge in [-0.1, -0.05) is 0 Å². The maximum atomic E-state index is 3.74. The van der Waals surface area contributed by atoms with Gasteiger partial charge in [0.25, 0.3) is 0 Å². The Hall–Kier alpha value is -1.11. The molecule has 0 aliphatic heterocycles. The summed E-state index contributed by atoms with van der Waals surface area (Å²) in [7, 11) is 0. The molecule has 78 valence electrons. The molecule has 3 heterocycles. The van der Waals surface area contributed by atoms with Crippen LogP contribution in [-0.2, 0) is 0 Å². The zero-order chi connectivity index (χ0) is 10.6. The SMILES string of the molecule is c1cscn1.c1cscn1.c1cscn1. The highest BCUT2D eigenvalue weighted by Gasteiger charge is 1.60. The summed E-state index contributed by atoms with van der Waals surface area (Å²) in [6.45, 7) is 0. The third-order valence-corrected chi connectivity index (χ3v) is 2.61. The first-order chi connectivity index (χ1) is 7.50. The van der Waals surface area contributed by atoms with Crippen LogP contribution in [0.3, 0.4) is 0 Å². The molecule has 0 aromatic carbocycles. The normalized spacial score (nSPS) is 8.00. The second-order valence-electron chi connectivity index (χ2n) is 2.03. The Morgan fingerprint density at radius 2 is 0.867 bits per heavy atom. The zero-order valence-electron chi connectivity index (χ0n) is 7.76. The van der Waals surface area contributed by atoms with Gasteiger partial charge in [0, 0.05) is 34.7 Å². The monoisotopic (exact) mass is 255 g/mol. The average Bonchev–Trinajstić information content (AvgIpc) is 3.09. The van der Waals surface area contributed by atoms with E-state index < -0.39 is 0 Å². The van der Waals surface area contributed by atoms with Gasteiger partial charge < -0.3 is 0 Å². The molecule has 0 aliphatic carbocycles. The van der Waals surface area contributed by atoms with Gasteiger partial charge >= 0.3 is 0 Å². The van der Waals surface area contributed by atoms with Gasteiger partial charge in [-0.2, -0.15) is 0 Å². The van der Waals surface area contributed by atoms with E-state index in [1.165, 1.54) is 0 Å². The zero-order valence-corrected chi connectivity index (χ0v) is 10.2. The Kier molecular flexibility index (Phi) is 7.53. The van der Waals surface area contributed by atoms with Crippen molar-refractivity contribution in [3.05, 3.63) is 51.3 Å². The molecule has 3 rings (SSSR count). The Morgan fingerprint density at radius 3 is 0.933 bits per heavy atom. The molecule has 0 bridgehead atoms. The second-order valence-corrected chi connectivity index (χ2v) is 4.29. The Balaban J connectivity index is 0.000000112. The van der Waals surface area contributed by atoms with Crippen LogP contribution < -0.4 is 0 Å². The maximum Gasteiger partial charge on any atom is 0.0791 e. The van der Waals surface area contributed by atoms with Crippen LogP contribution in [0.25, 0.3) is 0 Å². The molecule has 0 N–H and O–H groups in total. The molecular weight excluding hydrogens is 246 g/mol. The second kappa shape index (κ2) is 9.45. The number of hydrogen-bond acceptors (Lipinski definition) is 6.